The molecule has 1 aliphatic rings. The molecule has 0 unspecified atom stereocenters. The van der Waals surface area contributed by atoms with Crippen molar-refractivity contribution in [1.29, 1.82) is 0 Å². The van der Waals surface area contributed by atoms with Crippen LogP contribution in [0.1, 0.15) is 52.7 Å². The van der Waals surface area contributed by atoms with Crippen molar-refractivity contribution in [2.45, 2.75) is 38.8 Å². The summed E-state index contributed by atoms with van der Waals surface area (Å²) in [4.78, 5) is 32.1. The van der Waals surface area contributed by atoms with Gasteiger partial charge in [0.15, 0.2) is 0 Å². The molecule has 0 bridgehead atoms. The van der Waals surface area contributed by atoms with Gasteiger partial charge in [0.1, 0.15) is 12.3 Å². The summed E-state index contributed by atoms with van der Waals surface area (Å²) in [5.74, 6) is 0.292. The Labute approximate surface area is 220 Å². The van der Waals surface area contributed by atoms with Crippen LogP contribution in [0.15, 0.2) is 53.9 Å². The average molecular weight is 532 g/mol. The van der Waals surface area contributed by atoms with Crippen LogP contribution in [0.3, 0.4) is 0 Å². The second kappa shape index (κ2) is 11.0. The van der Waals surface area contributed by atoms with Crippen molar-refractivity contribution in [3.8, 4) is 5.75 Å². The summed E-state index contributed by atoms with van der Waals surface area (Å²) >= 11 is 14.5. The lowest BCUT2D eigenvalue weighted by Gasteiger charge is -2.38. The Bertz CT molecular complexity index is 1230. The van der Waals surface area contributed by atoms with Crippen molar-refractivity contribution in [2.75, 3.05) is 20.2 Å². The molecule has 2 atom stereocenters. The fourth-order valence-electron chi connectivity index (χ4n) is 4.45. The summed E-state index contributed by atoms with van der Waals surface area (Å²) in [6.07, 6.45) is 1.50. The number of thiophene rings is 1. The Morgan fingerprint density at radius 2 is 1.97 bits per heavy atom. The Hall–Kier alpha value is -2.54. The van der Waals surface area contributed by atoms with Crippen LogP contribution in [0.25, 0.3) is 0 Å². The van der Waals surface area contributed by atoms with Crippen LogP contribution in [0.5, 0.6) is 5.75 Å². The van der Waals surface area contributed by atoms with E-state index in [1.807, 2.05) is 30.2 Å². The standard InChI is InChI=1S/C27H28Cl2N2O3S/c1-4-17(2)31(27(33)18-6-5-7-20(14-18)34-3)16-25(32)30-12-10-24-22(11-13-35-24)26(30)21-9-8-19(28)15-23(21)29/h5-9,11,13-15,17,26H,4,10,12,16H2,1-3H3/t17-,26-/m1/s1. The zero-order valence-corrected chi connectivity index (χ0v) is 22.3. The summed E-state index contributed by atoms with van der Waals surface area (Å²) in [5, 5.41) is 3.11. The van der Waals surface area contributed by atoms with Crippen LogP contribution in [0.2, 0.25) is 10.0 Å². The molecule has 0 saturated heterocycles. The molecule has 5 nitrogen and oxygen atoms in total. The van der Waals surface area contributed by atoms with Gasteiger partial charge in [0.05, 0.1) is 13.2 Å². The van der Waals surface area contributed by atoms with Crippen molar-refractivity contribution < 1.29 is 14.3 Å². The van der Waals surface area contributed by atoms with Gasteiger partial charge in [0.2, 0.25) is 5.91 Å². The molecule has 0 spiro atoms. The van der Waals surface area contributed by atoms with E-state index < -0.39 is 0 Å². The van der Waals surface area contributed by atoms with Crippen LogP contribution in [0, 0.1) is 0 Å². The van der Waals surface area contributed by atoms with E-state index in [1.165, 1.54) is 4.88 Å². The first-order chi connectivity index (χ1) is 16.8. The minimum Gasteiger partial charge on any atom is -0.497 e. The minimum absolute atomic E-state index is 0.0216. The number of amides is 2. The smallest absolute Gasteiger partial charge is 0.254 e. The second-order valence-corrected chi connectivity index (χ2v) is 10.5. The maximum Gasteiger partial charge on any atom is 0.254 e. The van der Waals surface area contributed by atoms with Gasteiger partial charge in [-0.3, -0.25) is 9.59 Å². The summed E-state index contributed by atoms with van der Waals surface area (Å²) in [6.45, 7) is 4.51. The second-order valence-electron chi connectivity index (χ2n) is 8.63. The first-order valence-corrected chi connectivity index (χ1v) is 13.2. The van der Waals surface area contributed by atoms with Crippen molar-refractivity contribution >= 4 is 46.4 Å². The van der Waals surface area contributed by atoms with Crippen LogP contribution >= 0.6 is 34.5 Å². The molecule has 2 aromatic carbocycles. The van der Waals surface area contributed by atoms with E-state index in [2.05, 4.69) is 6.07 Å². The molecule has 8 heteroatoms. The SMILES string of the molecule is CC[C@@H](C)N(CC(=O)N1CCc2sccc2[C@H]1c1ccc(Cl)cc1Cl)C(=O)c1cccc(OC)c1. The maximum atomic E-state index is 13.8. The highest BCUT2D eigenvalue weighted by molar-refractivity contribution is 7.10. The van der Waals surface area contributed by atoms with Crippen molar-refractivity contribution in [3.63, 3.8) is 0 Å². The fraction of sp³-hybridized carbons (Fsp3) is 0.333. The molecular weight excluding hydrogens is 503 g/mol. The Morgan fingerprint density at radius 3 is 2.69 bits per heavy atom. The Morgan fingerprint density at radius 1 is 1.17 bits per heavy atom. The first-order valence-electron chi connectivity index (χ1n) is 11.6. The van der Waals surface area contributed by atoms with E-state index in [0.717, 1.165) is 24.0 Å². The molecule has 4 rings (SSSR count). The highest BCUT2D eigenvalue weighted by atomic mass is 35.5. The number of hydrogen-bond donors (Lipinski definition) is 0. The normalized spacial score (nSPS) is 15.9. The molecular formula is C27H28Cl2N2O3S. The topological polar surface area (TPSA) is 49.9 Å². The molecule has 0 saturated carbocycles. The molecule has 0 fully saturated rings. The molecule has 2 amide bonds. The van der Waals surface area contributed by atoms with Crippen LogP contribution in [-0.2, 0) is 11.2 Å². The molecule has 1 aliphatic heterocycles. The predicted molar refractivity (Wildman–Crippen MR) is 142 cm³/mol. The minimum atomic E-state index is -0.326. The van der Waals surface area contributed by atoms with Gasteiger partial charge in [-0.2, -0.15) is 0 Å². The van der Waals surface area contributed by atoms with Gasteiger partial charge < -0.3 is 14.5 Å². The first kappa shape index (κ1) is 25.5. The lowest BCUT2D eigenvalue weighted by Crippen LogP contribution is -2.49. The van der Waals surface area contributed by atoms with Crippen LogP contribution < -0.4 is 4.74 Å². The number of nitrogens with zero attached hydrogens (tertiary/aromatic N) is 2. The summed E-state index contributed by atoms with van der Waals surface area (Å²) in [6, 6.07) is 14.0. The van der Waals surface area contributed by atoms with Crippen LogP contribution in [0.4, 0.5) is 0 Å². The van der Waals surface area contributed by atoms with E-state index in [-0.39, 0.29) is 30.4 Å². The lowest BCUT2D eigenvalue weighted by molar-refractivity contribution is -0.134. The Balaban J connectivity index is 1.66. The zero-order chi connectivity index (χ0) is 25.1. The van der Waals surface area contributed by atoms with Gasteiger partial charge in [0, 0.05) is 33.1 Å². The zero-order valence-electron chi connectivity index (χ0n) is 20.0. The van der Waals surface area contributed by atoms with Gasteiger partial charge in [-0.15, -0.1) is 11.3 Å². The monoisotopic (exact) mass is 530 g/mol. The molecule has 184 valence electrons. The van der Waals surface area contributed by atoms with Crippen molar-refractivity contribution in [2.24, 2.45) is 0 Å². The molecule has 35 heavy (non-hydrogen) atoms. The molecule has 1 aromatic heterocycles. The number of hydrogen-bond acceptors (Lipinski definition) is 4. The highest BCUT2D eigenvalue weighted by Gasteiger charge is 2.35. The molecule has 0 aliphatic carbocycles. The number of halogens is 2. The predicted octanol–water partition coefficient (Wildman–Crippen LogP) is 6.48. The maximum absolute atomic E-state index is 13.8. The average Bonchev–Trinajstić information content (AvgIpc) is 3.35. The molecule has 0 N–H and O–H groups in total. The molecule has 3 aromatic rings. The number of carbonyl (C=O) groups excluding carboxylic acids is 2. The van der Waals surface area contributed by atoms with Crippen molar-refractivity contribution in [1.82, 2.24) is 9.80 Å². The van der Waals surface area contributed by atoms with E-state index in [0.29, 0.717) is 27.9 Å². The van der Waals surface area contributed by atoms with Gasteiger partial charge in [-0.1, -0.05) is 42.3 Å². The summed E-state index contributed by atoms with van der Waals surface area (Å²) in [5.41, 5.74) is 2.40. The van der Waals surface area contributed by atoms with Gasteiger partial charge in [-0.25, -0.2) is 0 Å². The van der Waals surface area contributed by atoms with E-state index in [4.69, 9.17) is 27.9 Å². The number of carbonyl (C=O) groups is 2. The molecule has 0 radical (unpaired) electrons. The van der Waals surface area contributed by atoms with Crippen molar-refractivity contribution in [3.05, 3.63) is 85.5 Å². The van der Waals surface area contributed by atoms with Crippen LogP contribution in [-0.4, -0.2) is 47.9 Å². The summed E-state index contributed by atoms with van der Waals surface area (Å²) < 4.78 is 5.29. The van der Waals surface area contributed by atoms with E-state index in [1.54, 1.807) is 59.7 Å². The van der Waals surface area contributed by atoms with E-state index >= 15 is 0 Å². The third kappa shape index (κ3) is 5.35. The number of methoxy groups -OCH3 is 1. The van der Waals surface area contributed by atoms with Gasteiger partial charge in [0.25, 0.3) is 5.91 Å². The van der Waals surface area contributed by atoms with Gasteiger partial charge >= 0.3 is 0 Å². The largest absolute Gasteiger partial charge is 0.497 e. The summed E-state index contributed by atoms with van der Waals surface area (Å²) in [7, 11) is 1.57. The third-order valence-corrected chi connectivity index (χ3v) is 8.11. The highest BCUT2D eigenvalue weighted by Crippen LogP contribution is 2.41. The third-order valence-electron chi connectivity index (χ3n) is 6.55. The number of ether oxygens (including phenoxy) is 1. The number of benzene rings is 2. The van der Waals surface area contributed by atoms with E-state index in [9.17, 15) is 9.59 Å². The van der Waals surface area contributed by atoms with Gasteiger partial charge in [-0.05, 0) is 72.7 Å². The fourth-order valence-corrected chi connectivity index (χ4v) is 5.87. The molecule has 2 heterocycles. The quantitative estimate of drug-likeness (QED) is 0.351. The number of rotatable bonds is 7. The number of fused-ring (bicyclic) bond motifs is 1. The Kier molecular flexibility index (Phi) is 8.05. The lowest BCUT2D eigenvalue weighted by atomic mass is 9.93.